The van der Waals surface area contributed by atoms with Crippen molar-refractivity contribution in [3.05, 3.63) is 41.9 Å². The van der Waals surface area contributed by atoms with Gasteiger partial charge in [-0.05, 0) is 17.7 Å². The molecule has 0 spiro atoms. The van der Waals surface area contributed by atoms with Gasteiger partial charge in [0.15, 0.2) is 5.28 Å². The van der Waals surface area contributed by atoms with Crippen molar-refractivity contribution in [2.24, 2.45) is 0 Å². The molecule has 0 aliphatic rings. The van der Waals surface area contributed by atoms with Gasteiger partial charge in [0.1, 0.15) is 0 Å². The van der Waals surface area contributed by atoms with Crippen molar-refractivity contribution in [3.8, 4) is 11.3 Å². The maximum Gasteiger partial charge on any atom is 0.200 e. The smallest absolute Gasteiger partial charge is 0.200 e. The van der Waals surface area contributed by atoms with Gasteiger partial charge in [-0.3, -0.25) is 0 Å². The zero-order valence-corrected chi connectivity index (χ0v) is 8.55. The van der Waals surface area contributed by atoms with Gasteiger partial charge in [0.05, 0.1) is 11.9 Å². The van der Waals surface area contributed by atoms with Crippen LogP contribution in [0.25, 0.3) is 22.2 Å². The zero-order valence-electron chi connectivity index (χ0n) is 7.79. The molecule has 0 fully saturated rings. The molecule has 15 heavy (non-hydrogen) atoms. The molecular weight excluding hydrogens is 210 g/mol. The molecule has 0 radical (unpaired) electrons. The van der Waals surface area contributed by atoms with E-state index >= 15 is 0 Å². The fourth-order valence-electron chi connectivity index (χ4n) is 1.73. The van der Waals surface area contributed by atoms with E-state index in [0.29, 0.717) is 5.28 Å². The first-order valence-electron chi connectivity index (χ1n) is 4.61. The lowest BCUT2D eigenvalue weighted by Gasteiger charge is -1.93. The molecule has 2 heterocycles. The lowest BCUT2D eigenvalue weighted by atomic mass is 10.1. The van der Waals surface area contributed by atoms with Crippen molar-refractivity contribution >= 4 is 22.5 Å². The van der Waals surface area contributed by atoms with Crippen molar-refractivity contribution < 1.29 is 0 Å². The number of para-hydroxylation sites is 1. The molecule has 3 nitrogen and oxygen atoms in total. The second-order valence-corrected chi connectivity index (χ2v) is 3.69. The van der Waals surface area contributed by atoms with Crippen LogP contribution < -0.4 is 0 Å². The Kier molecular flexibility index (Phi) is 1.79. The minimum absolute atomic E-state index is 0.412. The van der Waals surface area contributed by atoms with Gasteiger partial charge in [-0.15, -0.1) is 0 Å². The van der Waals surface area contributed by atoms with Crippen LogP contribution in [0.4, 0.5) is 0 Å². The summed E-state index contributed by atoms with van der Waals surface area (Å²) in [4.78, 5) is 10.2. The number of nitrogens with zero attached hydrogens (tertiary/aromatic N) is 1. The lowest BCUT2D eigenvalue weighted by Crippen LogP contribution is -1.73. The molecule has 2 aromatic heterocycles. The van der Waals surface area contributed by atoms with Gasteiger partial charge in [-0.2, -0.15) is 0 Å². The van der Waals surface area contributed by atoms with Gasteiger partial charge < -0.3 is 9.97 Å². The Morgan fingerprint density at radius 2 is 2.07 bits per heavy atom. The standard InChI is InChI=1S/C11H8ClN3/c12-11-14-6-10(15-11)8-5-13-9-4-2-1-3-7(8)9/h1-6,13H,(H,14,15). The molecule has 0 unspecified atom stereocenters. The largest absolute Gasteiger partial charge is 0.360 e. The van der Waals surface area contributed by atoms with E-state index in [1.165, 1.54) is 0 Å². The van der Waals surface area contributed by atoms with Gasteiger partial charge in [0, 0.05) is 22.7 Å². The summed E-state index contributed by atoms with van der Waals surface area (Å²) in [6.07, 6.45) is 3.69. The number of nitrogens with one attached hydrogen (secondary N) is 2. The highest BCUT2D eigenvalue weighted by Gasteiger charge is 2.07. The third kappa shape index (κ3) is 1.32. The quantitative estimate of drug-likeness (QED) is 0.646. The van der Waals surface area contributed by atoms with E-state index in [1.54, 1.807) is 6.20 Å². The summed E-state index contributed by atoms with van der Waals surface area (Å²) < 4.78 is 0. The van der Waals surface area contributed by atoms with Gasteiger partial charge >= 0.3 is 0 Å². The third-order valence-electron chi connectivity index (χ3n) is 2.42. The molecule has 0 aliphatic heterocycles. The van der Waals surface area contributed by atoms with E-state index in [0.717, 1.165) is 22.2 Å². The van der Waals surface area contributed by atoms with E-state index in [4.69, 9.17) is 11.6 Å². The predicted molar refractivity (Wildman–Crippen MR) is 60.9 cm³/mol. The number of rotatable bonds is 1. The molecule has 0 bridgehead atoms. The molecule has 4 heteroatoms. The molecule has 0 amide bonds. The average Bonchev–Trinajstić information content (AvgIpc) is 2.83. The number of benzene rings is 1. The first-order chi connectivity index (χ1) is 7.34. The Morgan fingerprint density at radius 1 is 1.20 bits per heavy atom. The van der Waals surface area contributed by atoms with E-state index in [2.05, 4.69) is 21.0 Å². The van der Waals surface area contributed by atoms with Crippen LogP contribution in [-0.4, -0.2) is 15.0 Å². The van der Waals surface area contributed by atoms with Gasteiger partial charge in [-0.25, -0.2) is 4.98 Å². The highest BCUT2D eigenvalue weighted by Crippen LogP contribution is 2.27. The fourth-order valence-corrected chi connectivity index (χ4v) is 1.88. The molecule has 0 aliphatic carbocycles. The van der Waals surface area contributed by atoms with Crippen LogP contribution in [0.2, 0.25) is 5.28 Å². The normalized spacial score (nSPS) is 11.0. The minimum atomic E-state index is 0.412. The van der Waals surface area contributed by atoms with Crippen LogP contribution in [0.1, 0.15) is 0 Å². The summed E-state index contributed by atoms with van der Waals surface area (Å²) in [5.41, 5.74) is 3.13. The molecule has 0 saturated heterocycles. The lowest BCUT2D eigenvalue weighted by molar-refractivity contribution is 1.31. The topological polar surface area (TPSA) is 44.5 Å². The summed E-state index contributed by atoms with van der Waals surface area (Å²) in [6.45, 7) is 0. The number of hydrogen-bond acceptors (Lipinski definition) is 1. The van der Waals surface area contributed by atoms with E-state index in [9.17, 15) is 0 Å². The number of aromatic amines is 2. The number of halogens is 1. The first-order valence-corrected chi connectivity index (χ1v) is 4.99. The van der Waals surface area contributed by atoms with Crippen LogP contribution >= 0.6 is 11.6 Å². The molecule has 1 aromatic carbocycles. The summed E-state index contributed by atoms with van der Waals surface area (Å²) in [5, 5.41) is 1.58. The summed E-state index contributed by atoms with van der Waals surface area (Å²) in [5.74, 6) is 0. The molecule has 0 saturated carbocycles. The van der Waals surface area contributed by atoms with Crippen molar-refractivity contribution in [1.29, 1.82) is 0 Å². The SMILES string of the molecule is Clc1ncc(-c2c[nH]c3ccccc23)[nH]1. The van der Waals surface area contributed by atoms with Crippen molar-refractivity contribution in [2.75, 3.05) is 0 Å². The van der Waals surface area contributed by atoms with E-state index < -0.39 is 0 Å². The second-order valence-electron chi connectivity index (χ2n) is 3.34. The van der Waals surface area contributed by atoms with E-state index in [-0.39, 0.29) is 0 Å². The highest BCUT2D eigenvalue weighted by molar-refractivity contribution is 6.28. The van der Waals surface area contributed by atoms with Gasteiger partial charge in [0.2, 0.25) is 0 Å². The number of aromatic nitrogens is 3. The van der Waals surface area contributed by atoms with E-state index in [1.807, 2.05) is 24.4 Å². The summed E-state index contributed by atoms with van der Waals surface area (Å²) in [6, 6.07) is 8.12. The molecule has 3 aromatic rings. The number of hydrogen-bond donors (Lipinski definition) is 2. The van der Waals surface area contributed by atoms with Crippen LogP contribution in [0.3, 0.4) is 0 Å². The van der Waals surface area contributed by atoms with Crippen molar-refractivity contribution in [3.63, 3.8) is 0 Å². The maximum atomic E-state index is 5.75. The molecule has 74 valence electrons. The maximum absolute atomic E-state index is 5.75. The van der Waals surface area contributed by atoms with Crippen LogP contribution in [0, 0.1) is 0 Å². The van der Waals surface area contributed by atoms with Crippen LogP contribution in [0.15, 0.2) is 36.7 Å². The number of fused-ring (bicyclic) bond motifs is 1. The Bertz CT molecular complexity index is 609. The predicted octanol–water partition coefficient (Wildman–Crippen LogP) is 3.21. The Balaban J connectivity index is 2.27. The summed E-state index contributed by atoms with van der Waals surface area (Å²) in [7, 11) is 0. The molecule has 3 rings (SSSR count). The molecule has 2 N–H and O–H groups in total. The van der Waals surface area contributed by atoms with Gasteiger partial charge in [-0.1, -0.05) is 18.2 Å². The van der Waals surface area contributed by atoms with Gasteiger partial charge in [0.25, 0.3) is 0 Å². The minimum Gasteiger partial charge on any atom is -0.360 e. The Morgan fingerprint density at radius 3 is 2.87 bits per heavy atom. The monoisotopic (exact) mass is 217 g/mol. The van der Waals surface area contributed by atoms with Crippen LogP contribution in [0.5, 0.6) is 0 Å². The fraction of sp³-hybridized carbons (Fsp3) is 0. The number of H-pyrrole nitrogens is 2. The molecule has 0 atom stereocenters. The van der Waals surface area contributed by atoms with Crippen molar-refractivity contribution in [1.82, 2.24) is 15.0 Å². The average molecular weight is 218 g/mol. The highest BCUT2D eigenvalue weighted by atomic mass is 35.5. The first kappa shape index (κ1) is 8.56. The van der Waals surface area contributed by atoms with Crippen molar-refractivity contribution in [2.45, 2.75) is 0 Å². The Hall–Kier alpha value is -1.74. The number of imidazole rings is 1. The third-order valence-corrected chi connectivity index (χ3v) is 2.62. The second kappa shape index (κ2) is 3.14. The summed E-state index contributed by atoms with van der Waals surface area (Å²) >= 11 is 5.75. The zero-order chi connectivity index (χ0) is 10.3. The molecular formula is C11H8ClN3. The van der Waals surface area contributed by atoms with Crippen LogP contribution in [-0.2, 0) is 0 Å². The Labute approximate surface area is 91.1 Å².